The summed E-state index contributed by atoms with van der Waals surface area (Å²) in [5, 5.41) is 26.6. The van der Waals surface area contributed by atoms with Crippen LogP contribution < -0.4 is 37.5 Å². The van der Waals surface area contributed by atoms with Crippen LogP contribution in [0.25, 0.3) is 22.3 Å². The third-order valence-corrected chi connectivity index (χ3v) is 14.2. The smallest absolute Gasteiger partial charge is 0.340 e. The minimum absolute atomic E-state index is 0.0180. The summed E-state index contributed by atoms with van der Waals surface area (Å²) in [6.45, 7) is -1.93. The Morgan fingerprint density at radius 3 is 2.32 bits per heavy atom. The Kier molecular flexibility index (Phi) is 15.2. The van der Waals surface area contributed by atoms with Crippen molar-refractivity contribution in [1.82, 2.24) is 46.4 Å². The number of amides is 8. The number of imide groups is 1. The molecule has 1 unspecified atom stereocenters. The van der Waals surface area contributed by atoms with Gasteiger partial charge in [0.15, 0.2) is 6.10 Å². The van der Waals surface area contributed by atoms with E-state index >= 15 is 4.39 Å². The molecule has 0 bridgehead atoms. The number of unbranched alkanes of at least 4 members (excludes halogenated alkanes) is 2. The number of aliphatic hydroxyl groups excluding tert-OH is 1. The number of esters is 1. The molecule has 0 saturated heterocycles. The van der Waals surface area contributed by atoms with Crippen molar-refractivity contribution in [2.75, 3.05) is 32.9 Å². The first-order chi connectivity index (χ1) is 36.0. The number of rotatable bonds is 21. The second-order valence-electron chi connectivity index (χ2n) is 18.8. The first kappa shape index (κ1) is 52.0. The zero-order valence-corrected chi connectivity index (χ0v) is 40.9. The molecule has 0 spiro atoms. The average molecular weight is 1050 g/mol. The summed E-state index contributed by atoms with van der Waals surface area (Å²) < 4.78 is 27.7. The van der Waals surface area contributed by atoms with Crippen molar-refractivity contribution in [3.63, 3.8) is 0 Å². The molecule has 75 heavy (non-hydrogen) atoms. The lowest BCUT2D eigenvalue weighted by Gasteiger charge is -2.30. The van der Waals surface area contributed by atoms with Crippen molar-refractivity contribution in [2.45, 2.75) is 94.7 Å². The molecule has 8 amide bonds. The fourth-order valence-electron chi connectivity index (χ4n) is 9.69. The van der Waals surface area contributed by atoms with Crippen molar-refractivity contribution < 1.29 is 62.1 Å². The summed E-state index contributed by atoms with van der Waals surface area (Å²) in [5.41, 5.74) is 1.58. The van der Waals surface area contributed by atoms with Gasteiger partial charge in [-0.3, -0.25) is 48.1 Å². The third-order valence-electron chi connectivity index (χ3n) is 13.8. The van der Waals surface area contributed by atoms with Gasteiger partial charge in [-0.05, 0) is 61.3 Å². The summed E-state index contributed by atoms with van der Waals surface area (Å²) in [6, 6.07) is 9.60. The summed E-state index contributed by atoms with van der Waals surface area (Å²) in [7, 11) is 0. The third kappa shape index (κ3) is 11.1. The van der Waals surface area contributed by atoms with Crippen molar-refractivity contribution in [3.05, 3.63) is 109 Å². The number of benzene rings is 2. The van der Waals surface area contributed by atoms with E-state index in [0.717, 1.165) is 4.90 Å². The molecular formula is C51H51ClFN9O13. The normalized spacial score (nSPS) is 17.8. The molecule has 5 heterocycles. The molecule has 4 aromatic rings. The molecule has 22 nitrogen and oxygen atoms in total. The van der Waals surface area contributed by atoms with Gasteiger partial charge in [0.1, 0.15) is 30.8 Å². The predicted molar refractivity (Wildman–Crippen MR) is 261 cm³/mol. The van der Waals surface area contributed by atoms with Crippen LogP contribution in [0.2, 0.25) is 5.02 Å². The molecule has 24 heteroatoms. The van der Waals surface area contributed by atoms with Crippen LogP contribution in [0.4, 0.5) is 4.39 Å². The molecule has 3 atom stereocenters. The number of halogens is 2. The number of carbonyl (C=O) groups excluding carboxylic acids is 9. The zero-order chi connectivity index (χ0) is 53.1. The van der Waals surface area contributed by atoms with E-state index in [0.29, 0.717) is 77.6 Å². The molecule has 0 radical (unpaired) electrons. The highest BCUT2D eigenvalue weighted by atomic mass is 35.5. The van der Waals surface area contributed by atoms with Crippen molar-refractivity contribution in [2.24, 2.45) is 0 Å². The highest BCUT2D eigenvalue weighted by molar-refractivity contribution is 6.32. The average Bonchev–Trinajstić information content (AvgIpc) is 4.01. The highest BCUT2D eigenvalue weighted by Gasteiger charge is 2.52. The van der Waals surface area contributed by atoms with E-state index < -0.39 is 103 Å². The van der Waals surface area contributed by atoms with Crippen LogP contribution in [0.1, 0.15) is 90.5 Å². The van der Waals surface area contributed by atoms with Crippen LogP contribution in [-0.2, 0) is 78.6 Å². The van der Waals surface area contributed by atoms with E-state index in [4.69, 9.17) is 26.1 Å². The second-order valence-corrected chi connectivity index (χ2v) is 19.1. The lowest BCUT2D eigenvalue weighted by molar-refractivity contribution is -0.157. The Morgan fingerprint density at radius 2 is 1.57 bits per heavy atom. The molecule has 7 N–H and O–H groups in total. The second kappa shape index (κ2) is 21.9. The van der Waals surface area contributed by atoms with Gasteiger partial charge in [-0.25, -0.2) is 14.2 Å². The Balaban J connectivity index is 0.757. The summed E-state index contributed by atoms with van der Waals surface area (Å²) in [4.78, 5) is 133. The predicted octanol–water partition coefficient (Wildman–Crippen LogP) is 0.596. The number of aromatic nitrogens is 2. The fourth-order valence-corrected chi connectivity index (χ4v) is 9.93. The van der Waals surface area contributed by atoms with E-state index in [1.165, 1.54) is 28.9 Å². The number of nitrogens with zero attached hydrogens (tertiary/aromatic N) is 3. The number of cyclic esters (lactones) is 1. The molecule has 5 aliphatic rings. The molecule has 9 rings (SSSR count). The van der Waals surface area contributed by atoms with Gasteiger partial charge in [-0.2, -0.15) is 0 Å². The maximum Gasteiger partial charge on any atom is 0.340 e. The lowest BCUT2D eigenvalue weighted by Crippen LogP contribution is -2.52. The minimum atomic E-state index is -1.69. The molecule has 2 aliphatic carbocycles. The van der Waals surface area contributed by atoms with E-state index in [1.54, 1.807) is 30.3 Å². The largest absolute Gasteiger partial charge is 0.458 e. The van der Waals surface area contributed by atoms with Crippen molar-refractivity contribution in [1.29, 1.82) is 0 Å². The van der Waals surface area contributed by atoms with Gasteiger partial charge in [0.2, 0.25) is 29.5 Å². The van der Waals surface area contributed by atoms with Crippen LogP contribution in [0.5, 0.6) is 0 Å². The summed E-state index contributed by atoms with van der Waals surface area (Å²) >= 11 is 6.51. The van der Waals surface area contributed by atoms with Crippen LogP contribution >= 0.6 is 11.6 Å². The van der Waals surface area contributed by atoms with E-state index in [9.17, 15) is 53.1 Å². The van der Waals surface area contributed by atoms with Gasteiger partial charge in [-0.1, -0.05) is 48.4 Å². The number of nitrogens with one attached hydrogen (secondary N) is 6. The number of hydrogen-bond donors (Lipinski definition) is 7. The van der Waals surface area contributed by atoms with Crippen molar-refractivity contribution >= 4 is 75.7 Å². The van der Waals surface area contributed by atoms with E-state index in [2.05, 4.69) is 31.9 Å². The molecule has 1 saturated carbocycles. The van der Waals surface area contributed by atoms with Crippen molar-refractivity contribution in [3.8, 4) is 11.4 Å². The topological polar surface area (TPSA) is 303 Å². The Bertz CT molecular complexity index is 3140. The molecule has 392 valence electrons. The van der Waals surface area contributed by atoms with E-state index in [1.807, 2.05) is 0 Å². The number of carbonyl (C=O) groups is 9. The lowest BCUT2D eigenvalue weighted by atomic mass is 9.83. The van der Waals surface area contributed by atoms with Crippen LogP contribution in [-0.4, -0.2) is 117 Å². The van der Waals surface area contributed by atoms with E-state index in [-0.39, 0.29) is 72.4 Å². The standard InChI is InChI=1S/C51H51ClFN9O13/c52-44-27-10-11-32(43-29-23-62-35(45(29)59-33(42(27)43)19-31(44)53)18-28-30(48(62)71)24-74-49(72)46(28)69)60-50(73)51(14-15-51)75-25-57-38(65)21-56-47(70)34(17-26-7-3-1-4-8-26)58-39(66)22-55-37(64)20-54-36(63)9-5-2-6-16-61-40(67)12-13-41(61)68/h1,3-4,7-8,12-13,18-19,32,34,46,69H,2,5-6,9-11,14-17,20-25H2,(H,54,63)(H,55,64)(H,56,70)(H,57,65)(H,58,66)(H,60,73)/t32?,34-,46-/m0/s1. The number of aryl methyl sites for hydroxylation is 1. The minimum Gasteiger partial charge on any atom is -0.458 e. The number of pyridine rings is 2. The fraction of sp³-hybridized carbons (Fsp3) is 0.392. The highest BCUT2D eigenvalue weighted by Crippen LogP contribution is 2.47. The van der Waals surface area contributed by atoms with Gasteiger partial charge in [0.05, 0.1) is 59.7 Å². The van der Waals surface area contributed by atoms with Crippen LogP contribution in [0.15, 0.2) is 59.4 Å². The number of hydrogen-bond acceptors (Lipinski definition) is 14. The summed E-state index contributed by atoms with van der Waals surface area (Å²) in [6.07, 6.45) is 3.61. The van der Waals surface area contributed by atoms with Gasteiger partial charge in [-0.15, -0.1) is 0 Å². The molecule has 1 fully saturated rings. The zero-order valence-electron chi connectivity index (χ0n) is 40.2. The van der Waals surface area contributed by atoms with Crippen LogP contribution in [0.3, 0.4) is 0 Å². The Hall–Kier alpha value is -7.89. The Morgan fingerprint density at radius 1 is 0.867 bits per heavy atom. The quantitative estimate of drug-likeness (QED) is 0.0229. The van der Waals surface area contributed by atoms with Gasteiger partial charge in [0.25, 0.3) is 23.3 Å². The SMILES string of the molecule is O=C(CCCCCN1C(=O)C=CC1=O)NCC(=O)NCC(=O)N[C@@H](Cc1ccccc1)C(=O)NCC(=O)NCOC1(C(=O)NC2CCc3c(Cl)c(F)cc4nc5c(c2c34)Cn2c-5cc3c(c2=O)COC(=O)[C@H]3O)CC1. The summed E-state index contributed by atoms with van der Waals surface area (Å²) in [5.74, 6) is -5.98. The van der Waals surface area contributed by atoms with Gasteiger partial charge >= 0.3 is 5.97 Å². The first-order valence-electron chi connectivity index (χ1n) is 24.4. The molecule has 2 aromatic heterocycles. The van der Waals surface area contributed by atoms with Gasteiger partial charge in [0, 0.05) is 54.1 Å². The molecule has 2 aromatic carbocycles. The maximum absolute atomic E-state index is 15.2. The monoisotopic (exact) mass is 1050 g/mol. The van der Waals surface area contributed by atoms with Gasteiger partial charge < -0.3 is 51.0 Å². The first-order valence-corrected chi connectivity index (χ1v) is 24.7. The number of aliphatic hydroxyl groups is 1. The Labute approximate surface area is 431 Å². The molecular weight excluding hydrogens is 1000 g/mol. The number of ether oxygens (including phenoxy) is 2. The molecule has 3 aliphatic heterocycles. The maximum atomic E-state index is 15.2. The van der Waals surface area contributed by atoms with Crippen LogP contribution in [0, 0.1) is 5.82 Å². The number of fused-ring (bicyclic) bond motifs is 5.